The van der Waals surface area contributed by atoms with Crippen LogP contribution in [0.3, 0.4) is 0 Å². The lowest BCUT2D eigenvalue weighted by atomic mass is 9.63. The number of aryl methyl sites for hydroxylation is 1. The Labute approximate surface area is 277 Å². The summed E-state index contributed by atoms with van der Waals surface area (Å²) in [4.78, 5) is 19.9. The number of imidazole rings is 1. The third-order valence-corrected chi connectivity index (χ3v) is 12.8. The number of hydrogen-bond donors (Lipinski definition) is 2. The second-order valence-electron chi connectivity index (χ2n) is 13.6. The zero-order valence-corrected chi connectivity index (χ0v) is 28.3. The Morgan fingerprint density at radius 1 is 1.09 bits per heavy atom. The lowest BCUT2D eigenvalue weighted by molar-refractivity contribution is -0.0992. The van der Waals surface area contributed by atoms with Crippen LogP contribution in [0.1, 0.15) is 80.3 Å². The van der Waals surface area contributed by atoms with Crippen molar-refractivity contribution in [2.45, 2.75) is 89.2 Å². The Morgan fingerprint density at radius 3 is 2.70 bits per heavy atom. The summed E-state index contributed by atoms with van der Waals surface area (Å²) in [7, 11) is -3.94. The first-order valence-corrected chi connectivity index (χ1v) is 18.5. The number of amides is 1. The first-order chi connectivity index (χ1) is 22.0. The number of rotatable bonds is 2. The number of fused-ring (bicyclic) bond motifs is 3. The smallest absolute Gasteiger partial charge is 0.264 e. The molecule has 0 saturated heterocycles. The molecule has 3 aromatic rings. The molecule has 6 rings (SSSR count). The van der Waals surface area contributed by atoms with Crippen LogP contribution in [0.5, 0.6) is 5.75 Å². The van der Waals surface area contributed by atoms with E-state index in [0.29, 0.717) is 49.7 Å². The summed E-state index contributed by atoms with van der Waals surface area (Å²) in [6.07, 6.45) is 11.9. The summed E-state index contributed by atoms with van der Waals surface area (Å²) >= 11 is 6.35. The zero-order valence-electron chi connectivity index (χ0n) is 26.7. The summed E-state index contributed by atoms with van der Waals surface area (Å²) in [5.74, 6) is 0.0977. The van der Waals surface area contributed by atoms with Crippen molar-refractivity contribution in [3.63, 3.8) is 0 Å². The summed E-state index contributed by atoms with van der Waals surface area (Å²) in [5.41, 5.74) is 2.30. The number of aromatic nitrogens is 2. The molecule has 0 radical (unpaired) electrons. The molecule has 2 N–H and O–H groups in total. The highest BCUT2D eigenvalue weighted by molar-refractivity contribution is 7.90. The van der Waals surface area contributed by atoms with Gasteiger partial charge >= 0.3 is 0 Å². The van der Waals surface area contributed by atoms with Crippen LogP contribution in [0.15, 0.2) is 55.1 Å². The molecule has 1 fully saturated rings. The predicted octanol–water partition coefficient (Wildman–Crippen LogP) is 5.98. The Hall–Kier alpha value is -3.08. The summed E-state index contributed by atoms with van der Waals surface area (Å²) in [5, 5.41) is 12.3. The van der Waals surface area contributed by atoms with Gasteiger partial charge in [0, 0.05) is 36.1 Å². The van der Waals surface area contributed by atoms with Gasteiger partial charge in [-0.05, 0) is 111 Å². The van der Waals surface area contributed by atoms with Crippen molar-refractivity contribution in [1.29, 1.82) is 0 Å². The van der Waals surface area contributed by atoms with Gasteiger partial charge in [-0.25, -0.2) is 18.1 Å². The molecule has 0 spiro atoms. The summed E-state index contributed by atoms with van der Waals surface area (Å²) in [6, 6.07) is 11.1. The van der Waals surface area contributed by atoms with Crippen molar-refractivity contribution < 1.29 is 23.1 Å². The number of aliphatic hydroxyl groups is 1. The maximum absolute atomic E-state index is 13.5. The van der Waals surface area contributed by atoms with Crippen molar-refractivity contribution in [1.82, 2.24) is 14.3 Å². The summed E-state index contributed by atoms with van der Waals surface area (Å²) in [6.45, 7) is 5.77. The van der Waals surface area contributed by atoms with Gasteiger partial charge in [0.2, 0.25) is 10.0 Å². The molecular weight excluding hydrogens is 624 g/mol. The van der Waals surface area contributed by atoms with E-state index in [0.717, 1.165) is 49.9 Å². The van der Waals surface area contributed by atoms with Gasteiger partial charge in [0.15, 0.2) is 0 Å². The van der Waals surface area contributed by atoms with E-state index >= 15 is 0 Å². The van der Waals surface area contributed by atoms with Crippen molar-refractivity contribution in [3.8, 4) is 5.75 Å². The van der Waals surface area contributed by atoms with Crippen molar-refractivity contribution in [2.75, 3.05) is 18.0 Å². The molecule has 3 aliphatic rings. The molecule has 9 nitrogen and oxygen atoms in total. The highest BCUT2D eigenvalue weighted by Crippen LogP contribution is 2.47. The van der Waals surface area contributed by atoms with E-state index in [-0.39, 0.29) is 23.3 Å². The van der Waals surface area contributed by atoms with E-state index in [1.165, 1.54) is 5.56 Å². The fourth-order valence-electron chi connectivity index (χ4n) is 7.49. The second-order valence-corrected chi connectivity index (χ2v) is 16.1. The number of nitrogens with one attached hydrogen (secondary N) is 1. The predicted molar refractivity (Wildman–Crippen MR) is 180 cm³/mol. The van der Waals surface area contributed by atoms with Crippen LogP contribution in [-0.2, 0) is 29.6 Å². The van der Waals surface area contributed by atoms with Gasteiger partial charge in [-0.15, -0.1) is 0 Å². The highest BCUT2D eigenvalue weighted by atomic mass is 35.5. The van der Waals surface area contributed by atoms with E-state index in [2.05, 4.69) is 14.6 Å². The molecule has 2 aromatic carbocycles. The molecule has 2 aliphatic heterocycles. The van der Waals surface area contributed by atoms with Gasteiger partial charge in [0.05, 0.1) is 29.4 Å². The molecule has 1 saturated carbocycles. The van der Waals surface area contributed by atoms with Crippen molar-refractivity contribution in [3.05, 3.63) is 76.8 Å². The molecule has 11 heteroatoms. The van der Waals surface area contributed by atoms with Crippen molar-refractivity contribution in [2.24, 2.45) is 17.8 Å². The number of benzene rings is 2. The van der Waals surface area contributed by atoms with Crippen LogP contribution in [0.2, 0.25) is 5.02 Å². The zero-order chi connectivity index (χ0) is 32.5. The van der Waals surface area contributed by atoms with Gasteiger partial charge in [-0.1, -0.05) is 31.0 Å². The molecule has 5 atom stereocenters. The maximum Gasteiger partial charge on any atom is 0.264 e. The van der Waals surface area contributed by atoms with E-state index < -0.39 is 26.8 Å². The van der Waals surface area contributed by atoms with Crippen LogP contribution in [-0.4, -0.2) is 52.9 Å². The maximum atomic E-state index is 13.5. The number of halogens is 1. The number of carbonyl (C=O) groups excluding carboxylic acids is 1. The van der Waals surface area contributed by atoms with Crippen LogP contribution >= 0.6 is 11.6 Å². The molecular formula is C35H45ClN4O5S. The molecule has 1 aliphatic carbocycles. The molecule has 0 unspecified atom stereocenters. The Kier molecular flexibility index (Phi) is 9.69. The lowest BCUT2D eigenvalue weighted by Gasteiger charge is -2.49. The molecule has 1 amide bonds. The molecule has 46 heavy (non-hydrogen) atoms. The topological polar surface area (TPSA) is 114 Å². The largest absolute Gasteiger partial charge is 0.487 e. The minimum Gasteiger partial charge on any atom is -0.487 e. The highest BCUT2D eigenvalue weighted by Gasteiger charge is 2.47. The lowest BCUT2D eigenvalue weighted by Crippen LogP contribution is -2.53. The van der Waals surface area contributed by atoms with Crippen molar-refractivity contribution >= 4 is 33.2 Å². The van der Waals surface area contributed by atoms with Gasteiger partial charge in [-0.3, -0.25) is 4.79 Å². The fraction of sp³-hybridized carbons (Fsp3) is 0.543. The van der Waals surface area contributed by atoms with E-state index in [1.54, 1.807) is 37.6 Å². The molecule has 3 heterocycles. The minimum absolute atomic E-state index is 0.0692. The monoisotopic (exact) mass is 668 g/mol. The molecule has 2 bridgehead atoms. The van der Waals surface area contributed by atoms with Crippen LogP contribution in [0, 0.1) is 17.8 Å². The SMILES string of the molecule is C[C@@H]1[C@@H](C)CCC[C@](O)(Cn2ccnc2)[C@@H]2CC[C@H]2CN2CCCCc3cc(Cl)ccc3COc3ccc(cc32)C(=O)NS1(=O)=O. The first kappa shape index (κ1) is 32.8. The minimum atomic E-state index is -3.94. The standard InChI is InChI=1S/C35H45ClN4O5S/c1-24-6-5-14-35(42,22-39-17-15-37-23-39)31-12-9-28(31)20-40-16-4-3-7-26-18-30(36)11-8-29(26)21-45-33-13-10-27(19-32(33)40)34(41)38-46(43,44)25(24)2/h8,10-11,13,15,17-19,23-25,28,31,42H,3-7,9,12,14,16,20-22H2,1-2H3,(H,38,41)/t24-,25+,28-,31+,35-/m0/s1. The van der Waals surface area contributed by atoms with Gasteiger partial charge in [0.25, 0.3) is 5.91 Å². The quantitative estimate of drug-likeness (QED) is 0.345. The van der Waals surface area contributed by atoms with Gasteiger partial charge < -0.3 is 19.3 Å². The Balaban J connectivity index is 1.39. The first-order valence-electron chi connectivity index (χ1n) is 16.6. The van der Waals surface area contributed by atoms with Crippen LogP contribution < -0.4 is 14.4 Å². The fourth-order valence-corrected chi connectivity index (χ4v) is 8.99. The third kappa shape index (κ3) is 7.09. The Bertz CT molecular complexity index is 1650. The number of carbonyl (C=O) groups is 1. The van der Waals surface area contributed by atoms with Crippen LogP contribution in [0.4, 0.5) is 5.69 Å². The molecule has 248 valence electrons. The van der Waals surface area contributed by atoms with Gasteiger partial charge in [-0.2, -0.15) is 0 Å². The van der Waals surface area contributed by atoms with Crippen LogP contribution in [0.25, 0.3) is 0 Å². The summed E-state index contributed by atoms with van der Waals surface area (Å²) < 4.78 is 37.5. The number of hydrogen-bond acceptors (Lipinski definition) is 7. The number of nitrogens with zero attached hydrogens (tertiary/aromatic N) is 3. The van der Waals surface area contributed by atoms with E-state index in [1.807, 2.05) is 35.9 Å². The number of sulfonamides is 1. The normalized spacial score (nSPS) is 28.8. The van der Waals surface area contributed by atoms with E-state index in [4.69, 9.17) is 16.3 Å². The second kappa shape index (κ2) is 13.6. The average Bonchev–Trinajstić information content (AvgIpc) is 3.50. The average molecular weight is 669 g/mol. The van der Waals surface area contributed by atoms with E-state index in [9.17, 15) is 18.3 Å². The third-order valence-electron chi connectivity index (χ3n) is 10.6. The van der Waals surface area contributed by atoms with Gasteiger partial charge in [0.1, 0.15) is 12.4 Å². The number of anilines is 1. The molecule has 1 aromatic heterocycles. The number of ether oxygens (including phenoxy) is 1. The Morgan fingerprint density at radius 2 is 1.93 bits per heavy atom.